The lowest BCUT2D eigenvalue weighted by Gasteiger charge is -2.05. The molecule has 0 rings (SSSR count). The van der Waals surface area contributed by atoms with Crippen LogP contribution in [-0.2, 0) is 0 Å². The summed E-state index contributed by atoms with van der Waals surface area (Å²) in [6.07, 6.45) is 1.36. The number of hydrogen-bond acceptors (Lipinski definition) is 2. The Morgan fingerprint density at radius 2 is 1.11 bits per heavy atom. The lowest BCUT2D eigenvalue weighted by molar-refractivity contribution is 0.631. The smallest absolute Gasteiger partial charge is 0.000968 e. The molecule has 0 fully saturated rings. The molecule has 0 radical (unpaired) electrons. The van der Waals surface area contributed by atoms with Gasteiger partial charge in [0.1, 0.15) is 0 Å². The first-order valence-electron chi connectivity index (χ1n) is 7.45. The zero-order valence-electron chi connectivity index (χ0n) is 14.0. The summed E-state index contributed by atoms with van der Waals surface area (Å²) in [7, 11) is 0. The summed E-state index contributed by atoms with van der Waals surface area (Å²) in [5, 5.41) is 0.809. The maximum atomic E-state index is 2.28. The monoisotopic (exact) mass is 292 g/mol. The van der Waals surface area contributed by atoms with Crippen molar-refractivity contribution >= 4 is 23.5 Å². The quantitative estimate of drug-likeness (QED) is 0.522. The number of thioether (sulfide) groups is 2. The highest BCUT2D eigenvalue weighted by atomic mass is 32.2. The molecule has 18 heavy (non-hydrogen) atoms. The van der Waals surface area contributed by atoms with Crippen LogP contribution in [0.15, 0.2) is 0 Å². The average molecular weight is 293 g/mol. The van der Waals surface area contributed by atoms with Gasteiger partial charge in [-0.25, -0.2) is 0 Å². The van der Waals surface area contributed by atoms with Gasteiger partial charge in [-0.05, 0) is 46.7 Å². The zero-order chi connectivity index (χ0) is 14.6. The third-order valence-corrected chi connectivity index (χ3v) is 4.99. The number of rotatable bonds is 8. The standard InChI is InChI=1S/2C8H18S/c1-7(2)5-9-6-8(3)4;1-7(2)5-6-9-8(3)4/h2*7-8H,5-6H2,1-4H3. The Balaban J connectivity index is 0. The molecule has 0 aromatic rings. The molecular formula is C16H36S2. The molecule has 0 N–H and O–H groups in total. The van der Waals surface area contributed by atoms with Crippen molar-refractivity contribution in [3.05, 3.63) is 0 Å². The number of hydrogen-bond donors (Lipinski definition) is 0. The third-order valence-electron chi connectivity index (χ3n) is 2.05. The van der Waals surface area contributed by atoms with Crippen molar-refractivity contribution in [3.8, 4) is 0 Å². The Kier molecular flexibility index (Phi) is 16.5. The Labute approximate surface area is 125 Å². The molecule has 0 aromatic carbocycles. The van der Waals surface area contributed by atoms with Gasteiger partial charge in [0.25, 0.3) is 0 Å². The summed E-state index contributed by atoms with van der Waals surface area (Å²) in [6.45, 7) is 18.2. The molecule has 0 aliphatic heterocycles. The molecule has 0 nitrogen and oxygen atoms in total. The first kappa shape index (κ1) is 21.0. The first-order chi connectivity index (χ1) is 8.25. The van der Waals surface area contributed by atoms with Crippen molar-refractivity contribution in [1.82, 2.24) is 0 Å². The maximum Gasteiger partial charge on any atom is -0.000968 e. The Bertz CT molecular complexity index is 117. The largest absolute Gasteiger partial charge is 0.161 e. The predicted molar refractivity (Wildman–Crippen MR) is 94.1 cm³/mol. The Hall–Kier alpha value is 0.700. The average Bonchev–Trinajstić information content (AvgIpc) is 2.15. The molecule has 0 aliphatic carbocycles. The molecule has 0 saturated carbocycles. The van der Waals surface area contributed by atoms with Crippen molar-refractivity contribution in [2.24, 2.45) is 17.8 Å². The topological polar surface area (TPSA) is 0 Å². The van der Waals surface area contributed by atoms with E-state index in [1.54, 1.807) is 0 Å². The molecule has 0 heterocycles. The van der Waals surface area contributed by atoms with Crippen LogP contribution in [-0.4, -0.2) is 22.5 Å². The third kappa shape index (κ3) is 25.5. The highest BCUT2D eigenvalue weighted by molar-refractivity contribution is 7.99. The fourth-order valence-electron chi connectivity index (χ4n) is 1.08. The minimum atomic E-state index is 0.809. The van der Waals surface area contributed by atoms with E-state index in [4.69, 9.17) is 0 Å². The van der Waals surface area contributed by atoms with Gasteiger partial charge in [0.15, 0.2) is 0 Å². The van der Waals surface area contributed by atoms with Gasteiger partial charge >= 0.3 is 0 Å². The van der Waals surface area contributed by atoms with E-state index >= 15 is 0 Å². The van der Waals surface area contributed by atoms with E-state index in [1.807, 2.05) is 0 Å². The first-order valence-corrected chi connectivity index (χ1v) is 9.65. The fourth-order valence-corrected chi connectivity index (χ4v) is 3.24. The second-order valence-corrected chi connectivity index (χ2v) is 9.19. The van der Waals surface area contributed by atoms with Gasteiger partial charge in [0, 0.05) is 0 Å². The van der Waals surface area contributed by atoms with Gasteiger partial charge in [0.2, 0.25) is 0 Å². The van der Waals surface area contributed by atoms with Crippen molar-refractivity contribution in [2.75, 3.05) is 17.3 Å². The van der Waals surface area contributed by atoms with Crippen LogP contribution >= 0.6 is 23.5 Å². The van der Waals surface area contributed by atoms with Gasteiger partial charge < -0.3 is 0 Å². The van der Waals surface area contributed by atoms with E-state index < -0.39 is 0 Å². The molecule has 112 valence electrons. The normalized spacial score (nSPS) is 11.3. The van der Waals surface area contributed by atoms with Crippen LogP contribution in [0.4, 0.5) is 0 Å². The summed E-state index contributed by atoms with van der Waals surface area (Å²) in [6, 6.07) is 0. The van der Waals surface area contributed by atoms with Gasteiger partial charge in [-0.15, -0.1) is 0 Å². The van der Waals surface area contributed by atoms with Crippen LogP contribution in [0, 0.1) is 17.8 Å². The Morgan fingerprint density at radius 3 is 1.39 bits per heavy atom. The van der Waals surface area contributed by atoms with E-state index in [2.05, 4.69) is 78.9 Å². The zero-order valence-corrected chi connectivity index (χ0v) is 15.6. The Morgan fingerprint density at radius 1 is 0.667 bits per heavy atom. The molecule has 0 saturated heterocycles. The predicted octanol–water partition coefficient (Wildman–Crippen LogP) is 6.21. The van der Waals surface area contributed by atoms with E-state index in [0.717, 1.165) is 23.0 Å². The van der Waals surface area contributed by atoms with Crippen LogP contribution in [0.3, 0.4) is 0 Å². The lowest BCUT2D eigenvalue weighted by Crippen LogP contribution is -1.96. The van der Waals surface area contributed by atoms with E-state index in [-0.39, 0.29) is 0 Å². The molecule has 0 spiro atoms. The van der Waals surface area contributed by atoms with Gasteiger partial charge in [-0.2, -0.15) is 23.5 Å². The second-order valence-electron chi connectivity index (χ2n) is 6.43. The highest BCUT2D eigenvalue weighted by Crippen LogP contribution is 2.13. The minimum Gasteiger partial charge on any atom is -0.161 e. The van der Waals surface area contributed by atoms with Crippen molar-refractivity contribution < 1.29 is 0 Å². The van der Waals surface area contributed by atoms with Crippen LogP contribution in [0.5, 0.6) is 0 Å². The van der Waals surface area contributed by atoms with Gasteiger partial charge in [0.05, 0.1) is 0 Å². The fraction of sp³-hybridized carbons (Fsp3) is 1.00. The molecule has 0 atom stereocenters. The summed E-state index contributed by atoms with van der Waals surface area (Å²) >= 11 is 4.13. The molecule has 0 amide bonds. The summed E-state index contributed by atoms with van der Waals surface area (Å²) in [5.41, 5.74) is 0. The minimum absolute atomic E-state index is 0.809. The molecule has 0 aromatic heterocycles. The van der Waals surface area contributed by atoms with Crippen molar-refractivity contribution in [1.29, 1.82) is 0 Å². The molecular weight excluding hydrogens is 256 g/mol. The molecule has 0 bridgehead atoms. The second kappa shape index (κ2) is 14.1. The van der Waals surface area contributed by atoms with Crippen LogP contribution in [0.1, 0.15) is 61.8 Å². The molecule has 0 unspecified atom stereocenters. The SMILES string of the molecule is CC(C)CCSC(C)C.CC(C)CSCC(C)C. The summed E-state index contributed by atoms with van der Waals surface area (Å²) in [5.74, 6) is 6.55. The summed E-state index contributed by atoms with van der Waals surface area (Å²) < 4.78 is 0. The lowest BCUT2D eigenvalue weighted by atomic mass is 10.2. The van der Waals surface area contributed by atoms with E-state index in [9.17, 15) is 0 Å². The molecule has 2 heteroatoms. The van der Waals surface area contributed by atoms with Crippen LogP contribution in [0.2, 0.25) is 0 Å². The molecule has 0 aliphatic rings. The van der Waals surface area contributed by atoms with Crippen LogP contribution in [0.25, 0.3) is 0 Å². The van der Waals surface area contributed by atoms with Crippen LogP contribution < -0.4 is 0 Å². The highest BCUT2D eigenvalue weighted by Gasteiger charge is 1.96. The van der Waals surface area contributed by atoms with Gasteiger partial charge in [-0.3, -0.25) is 0 Å². The van der Waals surface area contributed by atoms with Gasteiger partial charge in [-0.1, -0.05) is 55.4 Å². The van der Waals surface area contributed by atoms with E-state index in [0.29, 0.717) is 0 Å². The van der Waals surface area contributed by atoms with Crippen molar-refractivity contribution in [3.63, 3.8) is 0 Å². The summed E-state index contributed by atoms with van der Waals surface area (Å²) in [4.78, 5) is 0. The van der Waals surface area contributed by atoms with Crippen molar-refractivity contribution in [2.45, 2.75) is 67.1 Å². The maximum absolute atomic E-state index is 2.28. The van der Waals surface area contributed by atoms with E-state index in [1.165, 1.54) is 23.7 Å².